The molecule has 1 N–H and O–H groups in total. The molecule has 7 heteroatoms. The standard InChI is InChI=1S/C26H27FN4O2/c1-5-26(16-8-6-7-15(9-16)22-18(27)13-28-14-21(22)33-4)17-12-29-31-24(17)30-19-10-25(2,3)11-20(32)23(19)26/h6-9,12-14,24,30H,5,10-11H2,1-4H3. The van der Waals surface area contributed by atoms with Crippen LogP contribution < -0.4 is 10.1 Å². The van der Waals surface area contributed by atoms with Crippen LogP contribution in [0.3, 0.4) is 0 Å². The number of azo groups is 1. The van der Waals surface area contributed by atoms with Crippen LogP contribution >= 0.6 is 0 Å². The van der Waals surface area contributed by atoms with E-state index in [1.807, 2.05) is 24.3 Å². The summed E-state index contributed by atoms with van der Waals surface area (Å²) in [5, 5.41) is 12.1. The minimum absolute atomic E-state index is 0.130. The van der Waals surface area contributed by atoms with Crippen LogP contribution in [0.2, 0.25) is 0 Å². The molecule has 0 spiro atoms. The van der Waals surface area contributed by atoms with Crippen LogP contribution in [-0.4, -0.2) is 24.0 Å². The van der Waals surface area contributed by atoms with Crippen molar-refractivity contribution >= 4 is 5.78 Å². The lowest BCUT2D eigenvalue weighted by molar-refractivity contribution is -0.119. The van der Waals surface area contributed by atoms with Crippen molar-refractivity contribution in [1.82, 2.24) is 10.3 Å². The molecule has 1 aromatic heterocycles. The number of halogens is 1. The summed E-state index contributed by atoms with van der Waals surface area (Å²) in [6.45, 7) is 6.31. The van der Waals surface area contributed by atoms with Gasteiger partial charge in [0.15, 0.2) is 17.8 Å². The number of nitrogens with one attached hydrogen (secondary N) is 1. The van der Waals surface area contributed by atoms with Crippen LogP contribution in [0.4, 0.5) is 4.39 Å². The van der Waals surface area contributed by atoms with Gasteiger partial charge in [0.05, 0.1) is 36.7 Å². The van der Waals surface area contributed by atoms with Crippen LogP contribution in [0, 0.1) is 11.2 Å². The van der Waals surface area contributed by atoms with Crippen molar-refractivity contribution in [1.29, 1.82) is 0 Å². The van der Waals surface area contributed by atoms with Crippen molar-refractivity contribution in [3.8, 4) is 16.9 Å². The van der Waals surface area contributed by atoms with E-state index in [9.17, 15) is 9.18 Å². The number of carbonyl (C=O) groups is 1. The summed E-state index contributed by atoms with van der Waals surface area (Å²) in [5.41, 5.74) is 3.82. The summed E-state index contributed by atoms with van der Waals surface area (Å²) in [6.07, 6.45) is 6.07. The lowest BCUT2D eigenvalue weighted by atomic mass is 9.58. The van der Waals surface area contributed by atoms with Crippen molar-refractivity contribution in [2.75, 3.05) is 7.11 Å². The number of hydrogen-bond donors (Lipinski definition) is 1. The molecule has 6 nitrogen and oxygen atoms in total. The highest BCUT2D eigenvalue weighted by molar-refractivity contribution is 6.01. The number of ketones is 1. The number of fused-ring (bicyclic) bond motifs is 1. The first-order chi connectivity index (χ1) is 15.8. The van der Waals surface area contributed by atoms with Crippen LogP contribution in [0.5, 0.6) is 5.75 Å². The molecule has 0 bridgehead atoms. The Morgan fingerprint density at radius 1 is 1.24 bits per heavy atom. The van der Waals surface area contributed by atoms with Gasteiger partial charge in [-0.1, -0.05) is 39.0 Å². The summed E-state index contributed by atoms with van der Waals surface area (Å²) in [6, 6.07) is 7.73. The topological polar surface area (TPSA) is 75.9 Å². The van der Waals surface area contributed by atoms with E-state index in [-0.39, 0.29) is 17.4 Å². The molecule has 2 atom stereocenters. The Morgan fingerprint density at radius 3 is 2.82 bits per heavy atom. The lowest BCUT2D eigenvalue weighted by Crippen LogP contribution is -2.51. The number of Topliss-reactive ketones (excluding diaryl/α,β-unsaturated/α-hetero) is 1. The maximum Gasteiger partial charge on any atom is 0.164 e. The molecule has 0 amide bonds. The first kappa shape index (κ1) is 21.5. The van der Waals surface area contributed by atoms with Gasteiger partial charge in [-0.15, -0.1) is 0 Å². The number of nitrogens with zero attached hydrogens (tertiary/aromatic N) is 3. The molecule has 170 valence electrons. The Labute approximate surface area is 192 Å². The highest BCUT2D eigenvalue weighted by Crippen LogP contribution is 2.54. The molecular formula is C26H27FN4O2. The summed E-state index contributed by atoms with van der Waals surface area (Å²) in [7, 11) is 1.50. The molecule has 1 aromatic carbocycles. The molecule has 2 aliphatic heterocycles. The Kier molecular flexibility index (Phi) is 4.96. The van der Waals surface area contributed by atoms with Gasteiger partial charge in [-0.25, -0.2) is 4.39 Å². The lowest BCUT2D eigenvalue weighted by Gasteiger charge is -2.47. The predicted molar refractivity (Wildman–Crippen MR) is 123 cm³/mol. The van der Waals surface area contributed by atoms with Gasteiger partial charge >= 0.3 is 0 Å². The predicted octanol–water partition coefficient (Wildman–Crippen LogP) is 5.47. The Balaban J connectivity index is 1.75. The first-order valence-corrected chi connectivity index (χ1v) is 11.2. The summed E-state index contributed by atoms with van der Waals surface area (Å²) in [5.74, 6) is 0.0435. The van der Waals surface area contributed by atoms with Gasteiger partial charge in [-0.05, 0) is 35.4 Å². The quantitative estimate of drug-likeness (QED) is 0.676. The second-order valence-corrected chi connectivity index (χ2v) is 9.70. The highest BCUT2D eigenvalue weighted by Gasteiger charge is 2.53. The molecule has 0 saturated heterocycles. The molecule has 0 fully saturated rings. The van der Waals surface area contributed by atoms with Crippen molar-refractivity contribution in [2.45, 2.75) is 51.6 Å². The van der Waals surface area contributed by atoms with Gasteiger partial charge in [0.1, 0.15) is 5.75 Å². The van der Waals surface area contributed by atoms with Crippen molar-refractivity contribution in [2.24, 2.45) is 15.6 Å². The van der Waals surface area contributed by atoms with Gasteiger partial charge in [0.2, 0.25) is 0 Å². The third-order valence-electron chi connectivity index (χ3n) is 7.04. The maximum absolute atomic E-state index is 14.8. The second kappa shape index (κ2) is 7.61. The summed E-state index contributed by atoms with van der Waals surface area (Å²) < 4.78 is 20.2. The monoisotopic (exact) mass is 446 g/mol. The van der Waals surface area contributed by atoms with E-state index in [4.69, 9.17) is 4.74 Å². The molecule has 0 radical (unpaired) electrons. The second-order valence-electron chi connectivity index (χ2n) is 9.70. The molecule has 5 rings (SSSR count). The van der Waals surface area contributed by atoms with Crippen molar-refractivity contribution in [3.05, 3.63) is 71.1 Å². The normalized spacial score (nSPS) is 25.3. The Morgan fingerprint density at radius 2 is 2.06 bits per heavy atom. The third-order valence-corrected chi connectivity index (χ3v) is 7.04. The Hall–Kier alpha value is -3.35. The third kappa shape index (κ3) is 3.21. The van der Waals surface area contributed by atoms with E-state index in [0.29, 0.717) is 29.7 Å². The summed E-state index contributed by atoms with van der Waals surface area (Å²) >= 11 is 0. The van der Waals surface area contributed by atoms with Crippen LogP contribution in [-0.2, 0) is 10.2 Å². The number of carbonyl (C=O) groups excluding carboxylic acids is 1. The smallest absolute Gasteiger partial charge is 0.164 e. The van der Waals surface area contributed by atoms with Gasteiger partial charge in [0, 0.05) is 23.3 Å². The number of methoxy groups -OCH3 is 1. The molecule has 3 aliphatic rings. The van der Waals surface area contributed by atoms with Gasteiger partial charge in [-0.2, -0.15) is 10.2 Å². The van der Waals surface area contributed by atoms with Crippen LogP contribution in [0.1, 0.15) is 45.6 Å². The molecule has 33 heavy (non-hydrogen) atoms. The number of hydrogen-bond acceptors (Lipinski definition) is 6. The van der Waals surface area contributed by atoms with Crippen molar-refractivity contribution in [3.63, 3.8) is 0 Å². The zero-order valence-corrected chi connectivity index (χ0v) is 19.3. The fraction of sp³-hybridized carbons (Fsp3) is 0.385. The van der Waals surface area contributed by atoms with E-state index >= 15 is 0 Å². The van der Waals surface area contributed by atoms with Crippen LogP contribution in [0.25, 0.3) is 11.1 Å². The van der Waals surface area contributed by atoms with E-state index < -0.39 is 11.2 Å². The first-order valence-electron chi connectivity index (χ1n) is 11.2. The number of ether oxygens (including phenoxy) is 1. The fourth-order valence-corrected chi connectivity index (χ4v) is 5.68. The SMILES string of the molecule is CCC1(c2cccc(-c3c(F)cncc3OC)c2)C2=CN=NC2NC2=C1C(=O)CC(C)(C)C2. The highest BCUT2D eigenvalue weighted by atomic mass is 19.1. The van der Waals surface area contributed by atoms with E-state index in [2.05, 4.69) is 41.3 Å². The minimum atomic E-state index is -0.685. The largest absolute Gasteiger partial charge is 0.494 e. The molecule has 3 heterocycles. The number of allylic oxidation sites excluding steroid dienone is 2. The molecule has 0 saturated carbocycles. The van der Waals surface area contributed by atoms with Gasteiger partial charge < -0.3 is 10.1 Å². The molecular weight excluding hydrogens is 419 g/mol. The zero-order chi connectivity index (χ0) is 23.4. The average Bonchev–Trinajstić information content (AvgIpc) is 3.25. The number of benzene rings is 1. The number of rotatable bonds is 4. The van der Waals surface area contributed by atoms with E-state index in [1.54, 1.807) is 6.20 Å². The van der Waals surface area contributed by atoms with Gasteiger partial charge in [0.25, 0.3) is 0 Å². The van der Waals surface area contributed by atoms with Gasteiger partial charge in [-0.3, -0.25) is 9.78 Å². The maximum atomic E-state index is 14.8. The molecule has 2 aromatic rings. The van der Waals surface area contributed by atoms with E-state index in [1.165, 1.54) is 19.5 Å². The molecule has 2 unspecified atom stereocenters. The molecule has 1 aliphatic carbocycles. The number of pyridine rings is 1. The zero-order valence-electron chi connectivity index (χ0n) is 19.3. The van der Waals surface area contributed by atoms with E-state index in [0.717, 1.165) is 28.8 Å². The minimum Gasteiger partial charge on any atom is -0.494 e. The van der Waals surface area contributed by atoms with Crippen molar-refractivity contribution < 1.29 is 13.9 Å². The average molecular weight is 447 g/mol. The fourth-order valence-electron chi connectivity index (χ4n) is 5.68. The number of aromatic nitrogens is 1. The summed E-state index contributed by atoms with van der Waals surface area (Å²) in [4.78, 5) is 17.5. The van der Waals surface area contributed by atoms with Crippen LogP contribution in [0.15, 0.2) is 69.9 Å². The Bertz CT molecular complexity index is 1250.